The highest BCUT2D eigenvalue weighted by molar-refractivity contribution is 6.31. The van der Waals surface area contributed by atoms with Gasteiger partial charge in [0.2, 0.25) is 5.72 Å². The monoisotopic (exact) mass is 476 g/mol. The van der Waals surface area contributed by atoms with Gasteiger partial charge in [0.05, 0.1) is 23.7 Å². The third kappa shape index (κ3) is 3.53. The molecule has 0 aliphatic carbocycles. The molecule has 0 amide bonds. The van der Waals surface area contributed by atoms with Crippen molar-refractivity contribution in [2.24, 2.45) is 7.05 Å². The maximum atomic E-state index is 13.7. The molecule has 1 N–H and O–H groups in total. The summed E-state index contributed by atoms with van der Waals surface area (Å²) in [7, 11) is 1.75. The minimum absolute atomic E-state index is 0.277. The molecule has 33 heavy (non-hydrogen) atoms. The molecule has 1 atom stereocenters. The first kappa shape index (κ1) is 21.4. The van der Waals surface area contributed by atoms with Crippen molar-refractivity contribution in [2.75, 3.05) is 0 Å². The molecule has 0 spiro atoms. The van der Waals surface area contributed by atoms with Crippen molar-refractivity contribution >= 4 is 34.1 Å². The lowest BCUT2D eigenvalue weighted by molar-refractivity contribution is 0.0421. The Balaban J connectivity index is 1.89. The fraction of sp³-hybridized carbons (Fsp3) is 0.0800. The zero-order valence-electron chi connectivity index (χ0n) is 17.5. The summed E-state index contributed by atoms with van der Waals surface area (Å²) in [5.41, 5.74) is 0.538. The summed E-state index contributed by atoms with van der Waals surface area (Å²) in [5, 5.41) is 13.9. The first-order valence-corrected chi connectivity index (χ1v) is 10.9. The molecule has 2 aromatic carbocycles. The molecule has 0 aliphatic rings. The number of benzene rings is 2. The van der Waals surface area contributed by atoms with Crippen molar-refractivity contribution in [2.45, 2.75) is 5.72 Å². The van der Waals surface area contributed by atoms with Gasteiger partial charge < -0.3 is 9.67 Å². The number of nitrogens with zero attached hydrogens (tertiary/aromatic N) is 4. The minimum Gasteiger partial charge on any atom is -0.362 e. The molecule has 0 fully saturated rings. The molecule has 0 radical (unpaired) electrons. The molecule has 0 bridgehead atoms. The average molecular weight is 477 g/mol. The van der Waals surface area contributed by atoms with Crippen LogP contribution >= 0.6 is 23.2 Å². The van der Waals surface area contributed by atoms with Gasteiger partial charge in [-0.2, -0.15) is 0 Å². The maximum absolute atomic E-state index is 13.7. The molecule has 0 saturated heterocycles. The molecule has 0 saturated carbocycles. The second kappa shape index (κ2) is 8.15. The Morgan fingerprint density at radius 3 is 2.48 bits per heavy atom. The van der Waals surface area contributed by atoms with E-state index in [1.165, 1.54) is 23.0 Å². The predicted octanol–water partition coefficient (Wildman–Crippen LogP) is 4.85. The van der Waals surface area contributed by atoms with Crippen LogP contribution in [0.3, 0.4) is 0 Å². The zero-order chi connectivity index (χ0) is 23.2. The van der Waals surface area contributed by atoms with E-state index < -0.39 is 11.3 Å². The molecule has 0 aliphatic heterocycles. The molecular weight excluding hydrogens is 459 g/mol. The normalized spacial score (nSPS) is 13.2. The number of imidazole rings is 1. The zero-order valence-corrected chi connectivity index (χ0v) is 19.0. The van der Waals surface area contributed by atoms with Gasteiger partial charge in [-0.15, -0.1) is 0 Å². The number of pyridine rings is 2. The largest absolute Gasteiger partial charge is 0.362 e. The minimum atomic E-state index is -1.90. The van der Waals surface area contributed by atoms with Gasteiger partial charge in [-0.3, -0.25) is 9.36 Å². The van der Waals surface area contributed by atoms with E-state index in [9.17, 15) is 9.90 Å². The SMILES string of the molecule is Cn1cncc1C(O)(c1ccc(Cl)nc1)n1c(=O)cc(-c2cccc(Cl)c2)c2ccccc21. The van der Waals surface area contributed by atoms with Crippen LogP contribution in [0.15, 0.2) is 90.2 Å². The Bertz CT molecular complexity index is 1540. The van der Waals surface area contributed by atoms with Gasteiger partial charge in [-0.05, 0) is 41.5 Å². The summed E-state index contributed by atoms with van der Waals surface area (Å²) in [6, 6.07) is 19.5. The van der Waals surface area contributed by atoms with E-state index in [1.54, 1.807) is 42.2 Å². The Kier molecular flexibility index (Phi) is 5.29. The number of rotatable bonds is 4. The van der Waals surface area contributed by atoms with Crippen LogP contribution < -0.4 is 5.56 Å². The summed E-state index contributed by atoms with van der Waals surface area (Å²) in [6.45, 7) is 0. The quantitative estimate of drug-likeness (QED) is 0.376. The topological polar surface area (TPSA) is 72.9 Å². The lowest BCUT2D eigenvalue weighted by Crippen LogP contribution is -2.44. The Morgan fingerprint density at radius 2 is 1.79 bits per heavy atom. The number of fused-ring (bicyclic) bond motifs is 1. The van der Waals surface area contributed by atoms with E-state index in [-0.39, 0.29) is 5.15 Å². The van der Waals surface area contributed by atoms with Crippen molar-refractivity contribution in [3.05, 3.63) is 117 Å². The smallest absolute Gasteiger partial charge is 0.254 e. The highest BCUT2D eigenvalue weighted by Gasteiger charge is 2.39. The van der Waals surface area contributed by atoms with Crippen LogP contribution in [0.4, 0.5) is 0 Å². The summed E-state index contributed by atoms with van der Waals surface area (Å²) >= 11 is 12.2. The standard InChI is InChI=1S/C25H18Cl2N4O2/c1-30-15-28-14-22(30)25(33,17-9-10-23(27)29-13-17)31-21-8-3-2-7-19(21)20(12-24(31)32)16-5-4-6-18(26)11-16/h2-15,33H,1H3. The van der Waals surface area contributed by atoms with Crippen LogP contribution in [0.5, 0.6) is 0 Å². The van der Waals surface area contributed by atoms with E-state index in [4.69, 9.17) is 23.2 Å². The molecular formula is C25H18Cl2N4O2. The summed E-state index contributed by atoms with van der Waals surface area (Å²) in [5.74, 6) is 0. The molecule has 5 aromatic rings. The van der Waals surface area contributed by atoms with Gasteiger partial charge in [0, 0.05) is 35.3 Å². The summed E-state index contributed by atoms with van der Waals surface area (Å²) < 4.78 is 3.03. The van der Waals surface area contributed by atoms with Crippen LogP contribution in [0, 0.1) is 0 Å². The molecule has 1 unspecified atom stereocenters. The van der Waals surface area contributed by atoms with E-state index in [0.717, 1.165) is 16.5 Å². The summed E-state index contributed by atoms with van der Waals surface area (Å²) in [6.07, 6.45) is 4.55. The van der Waals surface area contributed by atoms with Gasteiger partial charge in [0.15, 0.2) is 0 Å². The molecule has 3 heterocycles. The second-order valence-electron chi connectivity index (χ2n) is 7.69. The number of para-hydroxylation sites is 1. The first-order chi connectivity index (χ1) is 15.9. The Morgan fingerprint density at radius 1 is 0.970 bits per heavy atom. The van der Waals surface area contributed by atoms with Gasteiger partial charge in [-0.25, -0.2) is 9.97 Å². The van der Waals surface area contributed by atoms with Gasteiger partial charge in [-0.1, -0.05) is 53.5 Å². The van der Waals surface area contributed by atoms with Crippen molar-refractivity contribution < 1.29 is 5.11 Å². The maximum Gasteiger partial charge on any atom is 0.254 e. The lowest BCUT2D eigenvalue weighted by atomic mass is 9.96. The van der Waals surface area contributed by atoms with Crippen molar-refractivity contribution in [1.82, 2.24) is 19.1 Å². The highest BCUT2D eigenvalue weighted by Crippen LogP contribution is 2.36. The van der Waals surface area contributed by atoms with E-state index in [0.29, 0.717) is 21.8 Å². The molecule has 8 heteroatoms. The number of hydrogen-bond acceptors (Lipinski definition) is 4. The third-order valence-electron chi connectivity index (χ3n) is 5.69. The van der Waals surface area contributed by atoms with Crippen molar-refractivity contribution in [3.63, 3.8) is 0 Å². The fourth-order valence-electron chi connectivity index (χ4n) is 4.18. The van der Waals surface area contributed by atoms with Gasteiger partial charge in [0.25, 0.3) is 5.56 Å². The van der Waals surface area contributed by atoms with Crippen LogP contribution in [-0.2, 0) is 12.8 Å². The highest BCUT2D eigenvalue weighted by atomic mass is 35.5. The van der Waals surface area contributed by atoms with Crippen LogP contribution in [0.25, 0.3) is 22.0 Å². The number of aromatic nitrogens is 4. The fourth-order valence-corrected chi connectivity index (χ4v) is 4.48. The number of aryl methyl sites for hydroxylation is 1. The third-order valence-corrected chi connectivity index (χ3v) is 6.15. The molecule has 3 aromatic heterocycles. The van der Waals surface area contributed by atoms with Crippen molar-refractivity contribution in [1.29, 1.82) is 0 Å². The van der Waals surface area contributed by atoms with Crippen LogP contribution in [-0.4, -0.2) is 24.2 Å². The van der Waals surface area contributed by atoms with Gasteiger partial charge >= 0.3 is 0 Å². The summed E-state index contributed by atoms with van der Waals surface area (Å²) in [4.78, 5) is 22.0. The Hall–Kier alpha value is -3.45. The average Bonchev–Trinajstić information content (AvgIpc) is 3.25. The van der Waals surface area contributed by atoms with Crippen LogP contribution in [0.2, 0.25) is 10.2 Å². The Labute approximate surface area is 199 Å². The first-order valence-electron chi connectivity index (χ1n) is 10.1. The lowest BCUT2D eigenvalue weighted by Gasteiger charge is -2.32. The molecule has 6 nitrogen and oxygen atoms in total. The predicted molar refractivity (Wildman–Crippen MR) is 130 cm³/mol. The molecule has 164 valence electrons. The van der Waals surface area contributed by atoms with Crippen LogP contribution in [0.1, 0.15) is 11.3 Å². The van der Waals surface area contributed by atoms with E-state index >= 15 is 0 Å². The van der Waals surface area contributed by atoms with E-state index in [1.807, 2.05) is 36.4 Å². The van der Waals surface area contributed by atoms with E-state index in [2.05, 4.69) is 9.97 Å². The van der Waals surface area contributed by atoms with Crippen molar-refractivity contribution in [3.8, 4) is 11.1 Å². The number of aliphatic hydroxyl groups is 1. The number of halogens is 2. The number of hydrogen-bond donors (Lipinski definition) is 1. The van der Waals surface area contributed by atoms with Gasteiger partial charge in [0.1, 0.15) is 5.15 Å². The molecule has 5 rings (SSSR count). The second-order valence-corrected chi connectivity index (χ2v) is 8.51.